The maximum atomic E-state index is 2.46. The SMILES string of the molecule is c1ccc(-c2ccc3c(c2)c2cc(N(c4ccc5c6c(-c7ccccc7)cccc6n(-c6ccccc6)c5c4)c4ccccc4-c4ccccc4)ccc2n3-c2ccccc2)cc1. The molecule has 12 aromatic rings. The van der Waals surface area contributed by atoms with Crippen LogP contribution in [-0.2, 0) is 0 Å². The Hall–Kier alpha value is -8.40. The minimum absolute atomic E-state index is 1.07. The number of aromatic nitrogens is 2. The van der Waals surface area contributed by atoms with Crippen LogP contribution in [0.15, 0.2) is 249 Å². The molecule has 2 aromatic heterocycles. The van der Waals surface area contributed by atoms with Gasteiger partial charge in [0.2, 0.25) is 0 Å². The van der Waals surface area contributed by atoms with E-state index in [0.717, 1.165) is 45.0 Å². The molecular weight excluding hydrogens is 763 g/mol. The van der Waals surface area contributed by atoms with E-state index < -0.39 is 0 Å². The van der Waals surface area contributed by atoms with Gasteiger partial charge in [0.05, 0.1) is 27.8 Å². The van der Waals surface area contributed by atoms with Crippen LogP contribution in [0.4, 0.5) is 17.1 Å². The average molecular weight is 804 g/mol. The van der Waals surface area contributed by atoms with Crippen molar-refractivity contribution in [1.82, 2.24) is 9.13 Å². The molecule has 0 radical (unpaired) electrons. The third-order valence-electron chi connectivity index (χ3n) is 12.5. The summed E-state index contributed by atoms with van der Waals surface area (Å²) in [4.78, 5) is 2.46. The fraction of sp³-hybridized carbons (Fsp3) is 0. The molecule has 0 spiro atoms. The Labute approximate surface area is 366 Å². The summed E-state index contributed by atoms with van der Waals surface area (Å²) in [6.45, 7) is 0. The van der Waals surface area contributed by atoms with E-state index in [1.165, 1.54) is 60.4 Å². The van der Waals surface area contributed by atoms with Crippen LogP contribution >= 0.6 is 0 Å². The second kappa shape index (κ2) is 15.3. The molecule has 0 aliphatic rings. The lowest BCUT2D eigenvalue weighted by atomic mass is 9.99. The first-order chi connectivity index (χ1) is 31.3. The molecule has 0 atom stereocenters. The molecule has 63 heavy (non-hydrogen) atoms. The molecule has 0 fully saturated rings. The van der Waals surface area contributed by atoms with Gasteiger partial charge in [0.15, 0.2) is 0 Å². The van der Waals surface area contributed by atoms with Crippen molar-refractivity contribution in [2.24, 2.45) is 0 Å². The summed E-state index contributed by atoms with van der Waals surface area (Å²) in [6, 6.07) is 90.2. The summed E-state index contributed by atoms with van der Waals surface area (Å²) in [5, 5.41) is 4.86. The van der Waals surface area contributed by atoms with Gasteiger partial charge in [0.1, 0.15) is 0 Å². The van der Waals surface area contributed by atoms with Crippen LogP contribution in [0.1, 0.15) is 0 Å². The highest BCUT2D eigenvalue weighted by Gasteiger charge is 2.23. The van der Waals surface area contributed by atoms with E-state index in [9.17, 15) is 0 Å². The van der Waals surface area contributed by atoms with Crippen molar-refractivity contribution < 1.29 is 0 Å². The lowest BCUT2D eigenvalue weighted by Crippen LogP contribution is -2.11. The van der Waals surface area contributed by atoms with Gasteiger partial charge in [0, 0.05) is 49.9 Å². The molecule has 0 unspecified atom stereocenters. The van der Waals surface area contributed by atoms with Gasteiger partial charge in [-0.3, -0.25) is 0 Å². The van der Waals surface area contributed by atoms with E-state index in [4.69, 9.17) is 0 Å². The fourth-order valence-electron chi connectivity index (χ4n) is 9.68. The molecule has 0 aliphatic carbocycles. The van der Waals surface area contributed by atoms with Gasteiger partial charge >= 0.3 is 0 Å². The predicted octanol–water partition coefficient (Wildman–Crippen LogP) is 16.4. The number of para-hydroxylation sites is 3. The number of hydrogen-bond acceptors (Lipinski definition) is 1. The Morgan fingerprint density at radius 3 is 1.43 bits per heavy atom. The second-order valence-electron chi connectivity index (χ2n) is 16.1. The van der Waals surface area contributed by atoms with Crippen molar-refractivity contribution in [3.8, 4) is 44.8 Å². The van der Waals surface area contributed by atoms with Crippen LogP contribution in [0.25, 0.3) is 88.4 Å². The molecule has 0 saturated carbocycles. The van der Waals surface area contributed by atoms with Gasteiger partial charge in [0.25, 0.3) is 0 Å². The van der Waals surface area contributed by atoms with Crippen molar-refractivity contribution in [3.05, 3.63) is 249 Å². The van der Waals surface area contributed by atoms with Crippen molar-refractivity contribution in [1.29, 1.82) is 0 Å². The number of benzene rings is 10. The zero-order valence-corrected chi connectivity index (χ0v) is 34.5. The number of rotatable bonds is 8. The fourth-order valence-corrected chi connectivity index (χ4v) is 9.68. The Morgan fingerprint density at radius 1 is 0.270 bits per heavy atom. The predicted molar refractivity (Wildman–Crippen MR) is 266 cm³/mol. The van der Waals surface area contributed by atoms with Crippen molar-refractivity contribution in [3.63, 3.8) is 0 Å². The lowest BCUT2D eigenvalue weighted by Gasteiger charge is -2.28. The molecule has 3 heteroatoms. The van der Waals surface area contributed by atoms with Gasteiger partial charge in [-0.05, 0) is 107 Å². The van der Waals surface area contributed by atoms with E-state index in [0.29, 0.717) is 0 Å². The van der Waals surface area contributed by atoms with Crippen LogP contribution in [0.5, 0.6) is 0 Å². The Morgan fingerprint density at radius 2 is 0.762 bits per heavy atom. The van der Waals surface area contributed by atoms with Crippen molar-refractivity contribution in [2.75, 3.05) is 4.90 Å². The third-order valence-corrected chi connectivity index (χ3v) is 12.5. The summed E-state index contributed by atoms with van der Waals surface area (Å²) >= 11 is 0. The molecule has 2 heterocycles. The largest absolute Gasteiger partial charge is 0.310 e. The van der Waals surface area contributed by atoms with Crippen LogP contribution in [0.2, 0.25) is 0 Å². The maximum Gasteiger partial charge on any atom is 0.0562 e. The first-order valence-corrected chi connectivity index (χ1v) is 21.6. The zero-order chi connectivity index (χ0) is 41.7. The Balaban J connectivity index is 1.15. The standard InChI is InChI=1S/C60H41N3/c1-6-19-42(20-7-1)45-33-37-56-53(39-45)54-40-48(35-38-57(54)62(56)46-25-12-4-13-26-46)61(55-31-17-16-29-50(55)43-21-8-2-9-22-43)49-34-36-52-59(41-49)63(47-27-14-5-15-28-47)58-32-18-30-51(60(52)58)44-23-10-3-11-24-44/h1-41H. The quantitative estimate of drug-likeness (QED) is 0.149. The Kier molecular flexibility index (Phi) is 8.83. The molecule has 0 saturated heterocycles. The number of nitrogens with zero attached hydrogens (tertiary/aromatic N) is 3. The van der Waals surface area contributed by atoms with Crippen LogP contribution in [0.3, 0.4) is 0 Å². The molecule has 10 aromatic carbocycles. The first kappa shape index (κ1) is 36.5. The molecular formula is C60H41N3. The summed E-state index contributed by atoms with van der Waals surface area (Å²) in [5.74, 6) is 0. The molecule has 296 valence electrons. The highest BCUT2D eigenvalue weighted by Crippen LogP contribution is 2.46. The lowest BCUT2D eigenvalue weighted by molar-refractivity contribution is 1.17. The topological polar surface area (TPSA) is 13.1 Å². The number of anilines is 3. The third kappa shape index (κ3) is 6.21. The molecule has 0 N–H and O–H groups in total. The van der Waals surface area contributed by atoms with Crippen molar-refractivity contribution >= 4 is 60.7 Å². The minimum Gasteiger partial charge on any atom is -0.310 e. The summed E-state index contributed by atoms with van der Waals surface area (Å²) in [7, 11) is 0. The highest BCUT2D eigenvalue weighted by atomic mass is 15.1. The number of hydrogen-bond donors (Lipinski definition) is 0. The normalized spacial score (nSPS) is 11.5. The average Bonchev–Trinajstić information content (AvgIpc) is 3.87. The van der Waals surface area contributed by atoms with E-state index in [2.05, 4.69) is 263 Å². The van der Waals surface area contributed by atoms with Gasteiger partial charge < -0.3 is 14.0 Å². The van der Waals surface area contributed by atoms with E-state index in [-0.39, 0.29) is 0 Å². The first-order valence-electron chi connectivity index (χ1n) is 21.6. The maximum absolute atomic E-state index is 2.46. The van der Waals surface area contributed by atoms with Gasteiger partial charge in [-0.2, -0.15) is 0 Å². The number of fused-ring (bicyclic) bond motifs is 6. The molecule has 0 aliphatic heterocycles. The van der Waals surface area contributed by atoms with E-state index in [1.807, 2.05) is 0 Å². The summed E-state index contributed by atoms with van der Waals surface area (Å²) < 4.78 is 4.84. The smallest absolute Gasteiger partial charge is 0.0562 e. The van der Waals surface area contributed by atoms with Gasteiger partial charge in [-0.15, -0.1) is 0 Å². The summed E-state index contributed by atoms with van der Waals surface area (Å²) in [6.07, 6.45) is 0. The molecule has 0 bridgehead atoms. The second-order valence-corrected chi connectivity index (χ2v) is 16.1. The van der Waals surface area contributed by atoms with Crippen LogP contribution in [-0.4, -0.2) is 9.13 Å². The van der Waals surface area contributed by atoms with Crippen LogP contribution in [0, 0.1) is 0 Å². The van der Waals surface area contributed by atoms with E-state index in [1.54, 1.807) is 0 Å². The summed E-state index contributed by atoms with van der Waals surface area (Å²) in [5.41, 5.74) is 17.3. The monoisotopic (exact) mass is 803 g/mol. The molecule has 12 rings (SSSR count). The molecule has 0 amide bonds. The van der Waals surface area contributed by atoms with Crippen molar-refractivity contribution in [2.45, 2.75) is 0 Å². The van der Waals surface area contributed by atoms with Gasteiger partial charge in [-0.25, -0.2) is 0 Å². The highest BCUT2D eigenvalue weighted by molar-refractivity contribution is 6.17. The minimum atomic E-state index is 1.07. The molecule has 3 nitrogen and oxygen atoms in total. The van der Waals surface area contributed by atoms with Crippen LogP contribution < -0.4 is 4.90 Å². The Bertz CT molecular complexity index is 3590. The van der Waals surface area contributed by atoms with E-state index >= 15 is 0 Å². The zero-order valence-electron chi connectivity index (χ0n) is 34.5. The van der Waals surface area contributed by atoms with Gasteiger partial charge in [-0.1, -0.05) is 170 Å².